The Morgan fingerprint density at radius 3 is 2.90 bits per heavy atom. The van der Waals surface area contributed by atoms with Crippen LogP contribution in [0.15, 0.2) is 36.8 Å². The van der Waals surface area contributed by atoms with Crippen molar-refractivity contribution in [3.63, 3.8) is 0 Å². The lowest BCUT2D eigenvalue weighted by molar-refractivity contribution is 0.914. The minimum atomic E-state index is 0.602. The standard InChI is InChI=1S/C13H15N7/c1-10-8-12(20-13(19-10)17-9-18-20)16-7-6-15-11-4-2-3-5-14-11/h2-5,8-9,16H,6-7H2,1H3,(H,14,15). The molecule has 0 unspecified atom stereocenters. The van der Waals surface area contributed by atoms with Gasteiger partial charge in [-0.3, -0.25) is 0 Å². The van der Waals surface area contributed by atoms with Gasteiger partial charge in [-0.2, -0.15) is 14.6 Å². The minimum Gasteiger partial charge on any atom is -0.368 e. The van der Waals surface area contributed by atoms with Gasteiger partial charge in [-0.25, -0.2) is 9.97 Å². The molecule has 0 aliphatic carbocycles. The molecule has 20 heavy (non-hydrogen) atoms. The number of fused-ring (bicyclic) bond motifs is 1. The summed E-state index contributed by atoms with van der Waals surface area (Å²) >= 11 is 0. The molecule has 0 saturated carbocycles. The number of pyridine rings is 1. The Bertz CT molecular complexity index is 692. The topological polar surface area (TPSA) is 80.0 Å². The number of aryl methyl sites for hydroxylation is 1. The molecule has 0 radical (unpaired) electrons. The molecular formula is C13H15N7. The molecule has 0 saturated heterocycles. The molecule has 0 amide bonds. The van der Waals surface area contributed by atoms with Crippen molar-refractivity contribution in [3.8, 4) is 0 Å². The van der Waals surface area contributed by atoms with Gasteiger partial charge in [0.1, 0.15) is 18.0 Å². The maximum absolute atomic E-state index is 4.30. The Kier molecular flexibility index (Phi) is 3.40. The molecule has 102 valence electrons. The van der Waals surface area contributed by atoms with Crippen molar-refractivity contribution in [2.75, 3.05) is 23.7 Å². The van der Waals surface area contributed by atoms with Gasteiger partial charge in [0.15, 0.2) is 0 Å². The third kappa shape index (κ3) is 2.66. The number of hydrogen-bond donors (Lipinski definition) is 2. The zero-order valence-corrected chi connectivity index (χ0v) is 11.1. The van der Waals surface area contributed by atoms with Gasteiger partial charge in [0.25, 0.3) is 5.78 Å². The summed E-state index contributed by atoms with van der Waals surface area (Å²) in [6.07, 6.45) is 3.26. The molecule has 3 aromatic heterocycles. The van der Waals surface area contributed by atoms with Crippen LogP contribution in [0.1, 0.15) is 5.69 Å². The van der Waals surface area contributed by atoms with Gasteiger partial charge in [-0.1, -0.05) is 6.07 Å². The van der Waals surface area contributed by atoms with E-state index < -0.39 is 0 Å². The number of hydrogen-bond acceptors (Lipinski definition) is 6. The summed E-state index contributed by atoms with van der Waals surface area (Å²) in [6.45, 7) is 3.44. The fourth-order valence-electron chi connectivity index (χ4n) is 1.90. The second-order valence-electron chi connectivity index (χ2n) is 4.32. The van der Waals surface area contributed by atoms with Gasteiger partial charge >= 0.3 is 0 Å². The average molecular weight is 269 g/mol. The molecule has 0 fully saturated rings. The second kappa shape index (κ2) is 5.52. The highest BCUT2D eigenvalue weighted by atomic mass is 15.3. The zero-order chi connectivity index (χ0) is 13.8. The summed E-state index contributed by atoms with van der Waals surface area (Å²) in [5.74, 6) is 2.35. The third-order valence-electron chi connectivity index (χ3n) is 2.78. The summed E-state index contributed by atoms with van der Waals surface area (Å²) < 4.78 is 1.69. The number of aromatic nitrogens is 5. The highest BCUT2D eigenvalue weighted by Gasteiger charge is 2.04. The molecular weight excluding hydrogens is 254 g/mol. The molecule has 0 aliphatic heterocycles. The van der Waals surface area contributed by atoms with E-state index in [2.05, 4.69) is 30.7 Å². The number of rotatable bonds is 5. The van der Waals surface area contributed by atoms with E-state index in [0.717, 1.165) is 30.4 Å². The summed E-state index contributed by atoms with van der Waals surface area (Å²) in [7, 11) is 0. The maximum atomic E-state index is 4.30. The first-order chi connectivity index (χ1) is 9.83. The zero-order valence-electron chi connectivity index (χ0n) is 11.1. The summed E-state index contributed by atoms with van der Waals surface area (Å²) in [6, 6.07) is 7.73. The number of nitrogens with zero attached hydrogens (tertiary/aromatic N) is 5. The lowest BCUT2D eigenvalue weighted by atomic mass is 10.4. The molecule has 0 atom stereocenters. The number of anilines is 2. The summed E-state index contributed by atoms with van der Waals surface area (Å²) in [5, 5.41) is 10.7. The first kappa shape index (κ1) is 12.3. The SMILES string of the molecule is Cc1cc(NCCNc2ccccn2)n2ncnc2n1. The molecule has 7 heteroatoms. The van der Waals surface area contributed by atoms with Crippen LogP contribution >= 0.6 is 0 Å². The van der Waals surface area contributed by atoms with Gasteiger partial charge < -0.3 is 10.6 Å². The minimum absolute atomic E-state index is 0.602. The van der Waals surface area contributed by atoms with E-state index in [1.54, 1.807) is 10.7 Å². The predicted octanol–water partition coefficient (Wildman–Crippen LogP) is 1.35. The van der Waals surface area contributed by atoms with Crippen LogP contribution in [-0.2, 0) is 0 Å². The van der Waals surface area contributed by atoms with Crippen molar-refractivity contribution in [2.45, 2.75) is 6.92 Å². The largest absolute Gasteiger partial charge is 0.368 e. The molecule has 0 bridgehead atoms. The quantitative estimate of drug-likeness (QED) is 0.681. The molecule has 2 N–H and O–H groups in total. The Balaban J connectivity index is 1.61. The fourth-order valence-corrected chi connectivity index (χ4v) is 1.90. The van der Waals surface area contributed by atoms with Crippen LogP contribution in [0.4, 0.5) is 11.6 Å². The van der Waals surface area contributed by atoms with Crippen LogP contribution < -0.4 is 10.6 Å². The van der Waals surface area contributed by atoms with Crippen molar-refractivity contribution in [1.82, 2.24) is 24.6 Å². The van der Waals surface area contributed by atoms with E-state index in [4.69, 9.17) is 0 Å². The Morgan fingerprint density at radius 2 is 2.05 bits per heavy atom. The summed E-state index contributed by atoms with van der Waals surface area (Å²) in [5.41, 5.74) is 0.908. The first-order valence-electron chi connectivity index (χ1n) is 6.39. The molecule has 3 heterocycles. The van der Waals surface area contributed by atoms with Gasteiger partial charge in [0.2, 0.25) is 0 Å². The van der Waals surface area contributed by atoms with Crippen LogP contribution in [0.3, 0.4) is 0 Å². The van der Waals surface area contributed by atoms with E-state index in [0.29, 0.717) is 5.78 Å². The first-order valence-corrected chi connectivity index (χ1v) is 6.39. The summed E-state index contributed by atoms with van der Waals surface area (Å²) in [4.78, 5) is 12.6. The average Bonchev–Trinajstić information content (AvgIpc) is 2.92. The van der Waals surface area contributed by atoms with Crippen molar-refractivity contribution in [2.24, 2.45) is 0 Å². The molecule has 0 aromatic carbocycles. The van der Waals surface area contributed by atoms with E-state index in [1.807, 2.05) is 31.2 Å². The number of nitrogens with one attached hydrogen (secondary N) is 2. The van der Waals surface area contributed by atoms with E-state index in [9.17, 15) is 0 Å². The lowest BCUT2D eigenvalue weighted by Crippen LogP contribution is -2.16. The van der Waals surface area contributed by atoms with E-state index >= 15 is 0 Å². The van der Waals surface area contributed by atoms with Gasteiger partial charge in [0.05, 0.1) is 0 Å². The van der Waals surface area contributed by atoms with Crippen LogP contribution in [-0.4, -0.2) is 37.7 Å². The normalized spacial score (nSPS) is 10.7. The van der Waals surface area contributed by atoms with Crippen LogP contribution in [0.5, 0.6) is 0 Å². The highest BCUT2D eigenvalue weighted by Crippen LogP contribution is 2.09. The predicted molar refractivity (Wildman–Crippen MR) is 76.7 cm³/mol. The monoisotopic (exact) mass is 269 g/mol. The fraction of sp³-hybridized carbons (Fsp3) is 0.231. The molecule has 0 spiro atoms. The van der Waals surface area contributed by atoms with E-state index in [1.165, 1.54) is 6.33 Å². The van der Waals surface area contributed by atoms with Gasteiger partial charge in [-0.15, -0.1) is 0 Å². The van der Waals surface area contributed by atoms with Gasteiger partial charge in [-0.05, 0) is 19.1 Å². The van der Waals surface area contributed by atoms with Gasteiger partial charge in [0, 0.05) is 31.0 Å². The molecule has 0 aliphatic rings. The lowest BCUT2D eigenvalue weighted by Gasteiger charge is -2.09. The third-order valence-corrected chi connectivity index (χ3v) is 2.78. The Labute approximate surface area is 116 Å². The van der Waals surface area contributed by atoms with Crippen molar-refractivity contribution < 1.29 is 0 Å². The second-order valence-corrected chi connectivity index (χ2v) is 4.32. The van der Waals surface area contributed by atoms with Crippen molar-refractivity contribution >= 4 is 17.4 Å². The van der Waals surface area contributed by atoms with Crippen molar-refractivity contribution in [1.29, 1.82) is 0 Å². The maximum Gasteiger partial charge on any atom is 0.254 e. The molecule has 3 rings (SSSR count). The van der Waals surface area contributed by atoms with Crippen LogP contribution in [0, 0.1) is 6.92 Å². The van der Waals surface area contributed by atoms with Crippen LogP contribution in [0.25, 0.3) is 5.78 Å². The molecule has 7 nitrogen and oxygen atoms in total. The van der Waals surface area contributed by atoms with Crippen LogP contribution in [0.2, 0.25) is 0 Å². The van der Waals surface area contributed by atoms with E-state index in [-0.39, 0.29) is 0 Å². The highest BCUT2D eigenvalue weighted by molar-refractivity contribution is 5.45. The Morgan fingerprint density at radius 1 is 1.15 bits per heavy atom. The molecule has 3 aromatic rings. The smallest absolute Gasteiger partial charge is 0.254 e. The Hall–Kier alpha value is -2.70. The van der Waals surface area contributed by atoms with Crippen molar-refractivity contribution in [3.05, 3.63) is 42.5 Å².